The fourth-order valence-corrected chi connectivity index (χ4v) is 4.08. The number of aryl methyl sites for hydroxylation is 1. The molecule has 0 radical (unpaired) electrons. The highest BCUT2D eigenvalue weighted by atomic mass is 32.1. The molecule has 0 bridgehead atoms. The van der Waals surface area contributed by atoms with Gasteiger partial charge in [0.25, 0.3) is 5.69 Å². The number of amides is 1. The Morgan fingerprint density at radius 2 is 2.16 bits per heavy atom. The quantitative estimate of drug-likeness (QED) is 0.509. The Morgan fingerprint density at radius 3 is 2.92 bits per heavy atom. The van der Waals surface area contributed by atoms with Crippen molar-refractivity contribution in [1.29, 1.82) is 5.26 Å². The summed E-state index contributed by atoms with van der Waals surface area (Å²) >= 11 is 1.47. The molecule has 0 spiro atoms. The number of benzene rings is 1. The number of non-ortho nitro benzene ring substituents is 1. The van der Waals surface area contributed by atoms with E-state index in [9.17, 15) is 20.2 Å². The van der Waals surface area contributed by atoms with Crippen LogP contribution in [-0.2, 0) is 17.6 Å². The number of rotatable bonds is 4. The monoisotopic (exact) mass is 353 g/mol. The van der Waals surface area contributed by atoms with Crippen molar-refractivity contribution in [3.63, 3.8) is 0 Å². The summed E-state index contributed by atoms with van der Waals surface area (Å²) in [6, 6.07) is 8.24. The van der Waals surface area contributed by atoms with Crippen LogP contribution in [0.4, 0.5) is 10.7 Å². The number of thiophene rings is 1. The first kappa shape index (κ1) is 16.9. The Hall–Kier alpha value is -2.98. The molecule has 126 valence electrons. The Bertz CT molecular complexity index is 909. The summed E-state index contributed by atoms with van der Waals surface area (Å²) in [7, 11) is 0. The van der Waals surface area contributed by atoms with E-state index in [2.05, 4.69) is 11.4 Å². The number of hydrogen-bond donors (Lipinski definition) is 1. The molecule has 0 atom stereocenters. The van der Waals surface area contributed by atoms with Crippen molar-refractivity contribution in [1.82, 2.24) is 0 Å². The lowest BCUT2D eigenvalue weighted by Crippen LogP contribution is -2.07. The molecule has 0 saturated carbocycles. The average molecular weight is 353 g/mol. The second kappa shape index (κ2) is 7.28. The summed E-state index contributed by atoms with van der Waals surface area (Å²) in [4.78, 5) is 23.6. The molecule has 7 heteroatoms. The van der Waals surface area contributed by atoms with Crippen LogP contribution in [-0.4, -0.2) is 10.8 Å². The fraction of sp³-hybridized carbons (Fsp3) is 0.222. The number of fused-ring (bicyclic) bond motifs is 1. The molecule has 1 aromatic carbocycles. The van der Waals surface area contributed by atoms with E-state index in [0.717, 1.165) is 31.2 Å². The summed E-state index contributed by atoms with van der Waals surface area (Å²) in [5.74, 6) is -0.360. The number of anilines is 1. The maximum absolute atomic E-state index is 12.2. The SMILES string of the molecule is N#Cc1c(NC(=O)C=Cc2cccc([N+](=O)[O-])c2)sc2c1CCCC2. The second-order valence-corrected chi connectivity index (χ2v) is 6.81. The third-order valence-electron chi connectivity index (χ3n) is 4.03. The molecule has 1 aliphatic carbocycles. The van der Waals surface area contributed by atoms with E-state index in [-0.39, 0.29) is 11.6 Å². The van der Waals surface area contributed by atoms with Crippen LogP contribution in [0.1, 0.15) is 34.4 Å². The van der Waals surface area contributed by atoms with E-state index in [4.69, 9.17) is 0 Å². The zero-order valence-corrected chi connectivity index (χ0v) is 14.1. The van der Waals surface area contributed by atoms with Gasteiger partial charge < -0.3 is 5.32 Å². The smallest absolute Gasteiger partial charge is 0.270 e. The molecule has 0 fully saturated rings. The van der Waals surface area contributed by atoms with Gasteiger partial charge >= 0.3 is 0 Å². The highest BCUT2D eigenvalue weighted by Crippen LogP contribution is 2.37. The Kier molecular flexibility index (Phi) is 4.91. The molecule has 1 amide bonds. The van der Waals surface area contributed by atoms with E-state index < -0.39 is 4.92 Å². The van der Waals surface area contributed by atoms with Crippen LogP contribution in [0.5, 0.6) is 0 Å². The minimum atomic E-state index is -0.479. The van der Waals surface area contributed by atoms with E-state index >= 15 is 0 Å². The van der Waals surface area contributed by atoms with Gasteiger partial charge in [0, 0.05) is 23.1 Å². The zero-order chi connectivity index (χ0) is 17.8. The molecule has 0 aliphatic heterocycles. The van der Waals surface area contributed by atoms with E-state index in [1.165, 1.54) is 40.5 Å². The van der Waals surface area contributed by atoms with Crippen molar-refractivity contribution < 1.29 is 9.72 Å². The minimum absolute atomic E-state index is 0.0275. The van der Waals surface area contributed by atoms with Crippen LogP contribution in [0.15, 0.2) is 30.3 Å². The number of nitrogens with one attached hydrogen (secondary N) is 1. The molecule has 1 aliphatic rings. The normalized spacial score (nSPS) is 13.2. The molecule has 0 saturated heterocycles. The van der Waals surface area contributed by atoms with Gasteiger partial charge in [0.2, 0.25) is 5.91 Å². The highest BCUT2D eigenvalue weighted by Gasteiger charge is 2.21. The predicted octanol–water partition coefficient (Wildman–Crippen LogP) is 4.06. The predicted molar refractivity (Wildman–Crippen MR) is 96.4 cm³/mol. The second-order valence-electron chi connectivity index (χ2n) is 5.70. The minimum Gasteiger partial charge on any atom is -0.313 e. The average Bonchev–Trinajstić information content (AvgIpc) is 2.97. The van der Waals surface area contributed by atoms with E-state index in [1.807, 2.05) is 0 Å². The molecule has 3 rings (SSSR count). The number of nitrogens with zero attached hydrogens (tertiary/aromatic N) is 2. The topological polar surface area (TPSA) is 96.0 Å². The van der Waals surface area contributed by atoms with Gasteiger partial charge in [-0.25, -0.2) is 0 Å². The fourth-order valence-electron chi connectivity index (χ4n) is 2.84. The van der Waals surface area contributed by atoms with Crippen molar-refractivity contribution in [2.75, 3.05) is 5.32 Å². The van der Waals surface area contributed by atoms with Crippen LogP contribution in [0, 0.1) is 21.4 Å². The van der Waals surface area contributed by atoms with Crippen molar-refractivity contribution in [3.05, 3.63) is 62.0 Å². The van der Waals surface area contributed by atoms with E-state index in [1.54, 1.807) is 12.1 Å². The highest BCUT2D eigenvalue weighted by molar-refractivity contribution is 7.16. The third-order valence-corrected chi connectivity index (χ3v) is 5.24. The van der Waals surface area contributed by atoms with Crippen molar-refractivity contribution in [3.8, 4) is 6.07 Å². The summed E-state index contributed by atoms with van der Waals surface area (Å²) in [6.45, 7) is 0. The zero-order valence-electron chi connectivity index (χ0n) is 13.3. The Balaban J connectivity index is 1.75. The number of nitriles is 1. The van der Waals surface area contributed by atoms with Crippen molar-refractivity contribution >= 4 is 34.0 Å². The lowest BCUT2D eigenvalue weighted by Gasteiger charge is -2.09. The van der Waals surface area contributed by atoms with Gasteiger partial charge in [0.15, 0.2) is 0 Å². The molecule has 0 unspecified atom stereocenters. The lowest BCUT2D eigenvalue weighted by molar-refractivity contribution is -0.384. The van der Waals surface area contributed by atoms with Gasteiger partial charge in [-0.3, -0.25) is 14.9 Å². The van der Waals surface area contributed by atoms with Crippen LogP contribution >= 0.6 is 11.3 Å². The molecule has 25 heavy (non-hydrogen) atoms. The maximum atomic E-state index is 12.2. The largest absolute Gasteiger partial charge is 0.313 e. The van der Waals surface area contributed by atoms with Gasteiger partial charge in [0.1, 0.15) is 11.1 Å². The van der Waals surface area contributed by atoms with Gasteiger partial charge in [0.05, 0.1) is 10.5 Å². The first-order valence-electron chi connectivity index (χ1n) is 7.86. The lowest BCUT2D eigenvalue weighted by atomic mass is 9.96. The summed E-state index contributed by atoms with van der Waals surface area (Å²) in [5, 5.41) is 23.5. The van der Waals surface area contributed by atoms with Crippen LogP contribution in [0.25, 0.3) is 6.08 Å². The van der Waals surface area contributed by atoms with Gasteiger partial charge in [-0.15, -0.1) is 11.3 Å². The van der Waals surface area contributed by atoms with Gasteiger partial charge in [-0.2, -0.15) is 5.26 Å². The number of nitro benzene ring substituents is 1. The van der Waals surface area contributed by atoms with Crippen LogP contribution in [0.2, 0.25) is 0 Å². The molecule has 1 N–H and O–H groups in total. The van der Waals surface area contributed by atoms with Crippen LogP contribution in [0.3, 0.4) is 0 Å². The Morgan fingerprint density at radius 1 is 1.36 bits per heavy atom. The Labute approximate surface area is 148 Å². The van der Waals surface area contributed by atoms with Crippen LogP contribution < -0.4 is 5.32 Å². The number of carbonyl (C=O) groups is 1. The molecular formula is C18H15N3O3S. The molecule has 2 aromatic rings. The van der Waals surface area contributed by atoms with Crippen molar-refractivity contribution in [2.45, 2.75) is 25.7 Å². The maximum Gasteiger partial charge on any atom is 0.270 e. The molecule has 1 aromatic heterocycles. The summed E-state index contributed by atoms with van der Waals surface area (Å²) in [5.41, 5.74) is 2.17. The number of nitro groups is 1. The molecule has 1 heterocycles. The van der Waals surface area contributed by atoms with Gasteiger partial charge in [-0.1, -0.05) is 12.1 Å². The summed E-state index contributed by atoms with van der Waals surface area (Å²) in [6.07, 6.45) is 6.85. The third kappa shape index (κ3) is 3.75. The first-order chi connectivity index (χ1) is 12.1. The van der Waals surface area contributed by atoms with Gasteiger partial charge in [-0.05, 0) is 42.9 Å². The molecule has 6 nitrogen and oxygen atoms in total. The summed E-state index contributed by atoms with van der Waals surface area (Å²) < 4.78 is 0. The first-order valence-corrected chi connectivity index (χ1v) is 8.68. The molecular weight excluding hydrogens is 338 g/mol. The van der Waals surface area contributed by atoms with E-state index in [0.29, 0.717) is 16.1 Å². The standard InChI is InChI=1S/C18H15N3O3S/c19-11-15-14-6-1-2-7-16(14)25-18(15)20-17(22)9-8-12-4-3-5-13(10-12)21(23)24/h3-5,8-10H,1-2,6-7H2,(H,20,22). The number of hydrogen-bond acceptors (Lipinski definition) is 5. The number of carbonyl (C=O) groups excluding carboxylic acids is 1. The van der Waals surface area contributed by atoms with Crippen molar-refractivity contribution in [2.24, 2.45) is 0 Å².